The highest BCUT2D eigenvalue weighted by Gasteiger charge is 2.26. The summed E-state index contributed by atoms with van der Waals surface area (Å²) in [7, 11) is 3.80. The summed E-state index contributed by atoms with van der Waals surface area (Å²) < 4.78 is 10.6. The van der Waals surface area contributed by atoms with Crippen LogP contribution in [0.3, 0.4) is 0 Å². The highest BCUT2D eigenvalue weighted by atomic mass is 16.6. The van der Waals surface area contributed by atoms with Crippen molar-refractivity contribution in [2.75, 3.05) is 27.2 Å². The Morgan fingerprint density at radius 2 is 1.95 bits per heavy atom. The monoisotopic (exact) mass is 310 g/mol. The number of likely N-dealkylation sites (N-methyl/N-ethyl adjacent to an activating group) is 1. The zero-order valence-corrected chi connectivity index (χ0v) is 13.6. The van der Waals surface area contributed by atoms with Crippen LogP contribution in [0.4, 0.5) is 5.69 Å². The summed E-state index contributed by atoms with van der Waals surface area (Å²) in [5.74, 6) is -0.375. The Bertz CT molecular complexity index is 549. The molecule has 0 bridgehead atoms. The molecule has 0 saturated heterocycles. The summed E-state index contributed by atoms with van der Waals surface area (Å²) in [5.41, 5.74) is -1.12. The number of carbonyl (C=O) groups excluding carboxylic acids is 1. The molecule has 0 atom stereocenters. The van der Waals surface area contributed by atoms with E-state index in [0.717, 1.165) is 0 Å². The van der Waals surface area contributed by atoms with Crippen LogP contribution in [0.5, 0.6) is 5.75 Å². The lowest BCUT2D eigenvalue weighted by atomic mass is 10.1. The van der Waals surface area contributed by atoms with Crippen molar-refractivity contribution in [3.8, 4) is 5.75 Å². The number of ether oxygens (including phenoxy) is 2. The zero-order chi connectivity index (χ0) is 16.9. The molecule has 0 radical (unpaired) electrons. The smallest absolute Gasteiger partial charge is 0.345 e. The first kappa shape index (κ1) is 17.9. The minimum atomic E-state index is -0.723. The Balaban J connectivity index is 2.95. The highest BCUT2D eigenvalue weighted by molar-refractivity contribution is 5.94. The van der Waals surface area contributed by atoms with Crippen molar-refractivity contribution in [1.82, 2.24) is 4.90 Å². The molecule has 1 aromatic carbocycles. The first-order chi connectivity index (χ1) is 10.1. The minimum absolute atomic E-state index is 0.0834. The summed E-state index contributed by atoms with van der Waals surface area (Å²) in [4.78, 5) is 24.5. The molecule has 122 valence electrons. The van der Waals surface area contributed by atoms with Gasteiger partial charge in [-0.25, -0.2) is 4.79 Å². The standard InChI is InChI=1S/C15H22N2O5/c1-15(2,3)22-14(18)12-7-6-11(10-13(12)17(19)20)21-9-8-16(4)5/h6-7,10H,8-9H2,1-5H3. The summed E-state index contributed by atoms with van der Waals surface area (Å²) >= 11 is 0. The fourth-order valence-electron chi connectivity index (χ4n) is 1.60. The van der Waals surface area contributed by atoms with Crippen molar-refractivity contribution in [3.63, 3.8) is 0 Å². The van der Waals surface area contributed by atoms with Gasteiger partial charge in [-0.2, -0.15) is 0 Å². The lowest BCUT2D eigenvalue weighted by Crippen LogP contribution is -2.24. The van der Waals surface area contributed by atoms with Crippen LogP contribution in [0.25, 0.3) is 0 Å². The van der Waals surface area contributed by atoms with E-state index < -0.39 is 16.5 Å². The van der Waals surface area contributed by atoms with Crippen LogP contribution in [0.1, 0.15) is 31.1 Å². The third-order valence-electron chi connectivity index (χ3n) is 2.59. The molecule has 0 aliphatic carbocycles. The molecule has 0 spiro atoms. The number of nitro benzene ring substituents is 1. The quantitative estimate of drug-likeness (QED) is 0.456. The van der Waals surface area contributed by atoms with E-state index in [9.17, 15) is 14.9 Å². The van der Waals surface area contributed by atoms with Gasteiger partial charge in [-0.15, -0.1) is 0 Å². The van der Waals surface area contributed by atoms with Gasteiger partial charge in [0.2, 0.25) is 0 Å². The molecule has 0 aliphatic rings. The number of hydrogen-bond donors (Lipinski definition) is 0. The first-order valence-corrected chi connectivity index (χ1v) is 6.89. The van der Waals surface area contributed by atoms with Crippen molar-refractivity contribution < 1.29 is 19.2 Å². The van der Waals surface area contributed by atoms with E-state index in [4.69, 9.17) is 9.47 Å². The normalized spacial score (nSPS) is 11.4. The molecule has 7 heteroatoms. The Morgan fingerprint density at radius 1 is 1.32 bits per heavy atom. The SMILES string of the molecule is CN(C)CCOc1ccc(C(=O)OC(C)(C)C)c([N+](=O)[O-])c1. The van der Waals surface area contributed by atoms with Crippen LogP contribution in [0.2, 0.25) is 0 Å². The maximum absolute atomic E-state index is 12.0. The van der Waals surface area contributed by atoms with E-state index >= 15 is 0 Å². The molecular formula is C15H22N2O5. The molecule has 0 fully saturated rings. The lowest BCUT2D eigenvalue weighted by Gasteiger charge is -2.19. The van der Waals surface area contributed by atoms with Crippen molar-refractivity contribution in [1.29, 1.82) is 0 Å². The molecule has 0 aliphatic heterocycles. The van der Waals surface area contributed by atoms with Gasteiger partial charge in [-0.3, -0.25) is 10.1 Å². The predicted molar refractivity (Wildman–Crippen MR) is 82.3 cm³/mol. The molecule has 0 unspecified atom stereocenters. The number of nitrogens with zero attached hydrogens (tertiary/aromatic N) is 2. The molecule has 7 nitrogen and oxygen atoms in total. The number of hydrogen-bond acceptors (Lipinski definition) is 6. The minimum Gasteiger partial charge on any atom is -0.492 e. The van der Waals surface area contributed by atoms with Gasteiger partial charge < -0.3 is 14.4 Å². The molecule has 0 aromatic heterocycles. The molecule has 1 aromatic rings. The molecule has 0 N–H and O–H groups in total. The van der Waals surface area contributed by atoms with E-state index in [-0.39, 0.29) is 11.3 Å². The Labute approximate surface area is 130 Å². The van der Waals surface area contributed by atoms with Crippen molar-refractivity contribution in [2.24, 2.45) is 0 Å². The maximum atomic E-state index is 12.0. The van der Waals surface area contributed by atoms with Crippen molar-refractivity contribution in [2.45, 2.75) is 26.4 Å². The predicted octanol–water partition coefficient (Wildman–Crippen LogP) is 2.49. The summed E-state index contributed by atoms with van der Waals surface area (Å²) in [6, 6.07) is 4.13. The number of nitro groups is 1. The second-order valence-corrected chi connectivity index (χ2v) is 6.09. The van der Waals surface area contributed by atoms with Gasteiger partial charge in [0.15, 0.2) is 0 Å². The molecule has 0 heterocycles. The third-order valence-corrected chi connectivity index (χ3v) is 2.59. The van der Waals surface area contributed by atoms with Crippen LogP contribution in [-0.4, -0.2) is 48.6 Å². The second kappa shape index (κ2) is 7.22. The highest BCUT2D eigenvalue weighted by Crippen LogP contribution is 2.26. The van der Waals surface area contributed by atoms with Crippen LogP contribution in [-0.2, 0) is 4.74 Å². The number of carbonyl (C=O) groups is 1. The second-order valence-electron chi connectivity index (χ2n) is 6.09. The Kier molecular flexibility index (Phi) is 5.87. The van der Waals surface area contributed by atoms with E-state index in [1.54, 1.807) is 20.8 Å². The van der Waals surface area contributed by atoms with Gasteiger partial charge in [0.25, 0.3) is 5.69 Å². The molecule has 1 rings (SSSR count). The Morgan fingerprint density at radius 3 is 2.45 bits per heavy atom. The van der Waals surface area contributed by atoms with E-state index in [0.29, 0.717) is 18.9 Å². The summed E-state index contributed by atoms with van der Waals surface area (Å²) in [6.45, 7) is 6.19. The zero-order valence-electron chi connectivity index (χ0n) is 13.6. The first-order valence-electron chi connectivity index (χ1n) is 6.89. The van der Waals surface area contributed by atoms with Gasteiger partial charge in [-0.1, -0.05) is 0 Å². The van der Waals surface area contributed by atoms with Gasteiger partial charge in [0.1, 0.15) is 23.5 Å². The fraction of sp³-hybridized carbons (Fsp3) is 0.533. The number of benzene rings is 1. The van der Waals surface area contributed by atoms with E-state index in [1.807, 2.05) is 19.0 Å². The van der Waals surface area contributed by atoms with Crippen LogP contribution < -0.4 is 4.74 Å². The average Bonchev–Trinajstić information content (AvgIpc) is 2.35. The van der Waals surface area contributed by atoms with Crippen LogP contribution >= 0.6 is 0 Å². The van der Waals surface area contributed by atoms with Gasteiger partial charge in [-0.05, 0) is 47.0 Å². The average molecular weight is 310 g/mol. The largest absolute Gasteiger partial charge is 0.492 e. The summed E-state index contributed by atoms with van der Waals surface area (Å²) in [5, 5.41) is 11.2. The van der Waals surface area contributed by atoms with Crippen LogP contribution in [0.15, 0.2) is 18.2 Å². The summed E-state index contributed by atoms with van der Waals surface area (Å²) in [6.07, 6.45) is 0. The molecular weight excluding hydrogens is 288 g/mol. The molecule has 0 saturated carbocycles. The van der Waals surface area contributed by atoms with Crippen molar-refractivity contribution in [3.05, 3.63) is 33.9 Å². The van der Waals surface area contributed by atoms with E-state index in [1.165, 1.54) is 18.2 Å². The molecule has 22 heavy (non-hydrogen) atoms. The van der Waals surface area contributed by atoms with Gasteiger partial charge in [0, 0.05) is 6.54 Å². The third kappa shape index (κ3) is 5.69. The lowest BCUT2D eigenvalue weighted by molar-refractivity contribution is -0.385. The van der Waals surface area contributed by atoms with E-state index in [2.05, 4.69) is 0 Å². The fourth-order valence-corrected chi connectivity index (χ4v) is 1.60. The van der Waals surface area contributed by atoms with Gasteiger partial charge in [0.05, 0.1) is 11.0 Å². The number of rotatable bonds is 6. The van der Waals surface area contributed by atoms with Crippen LogP contribution in [0, 0.1) is 10.1 Å². The number of esters is 1. The van der Waals surface area contributed by atoms with Gasteiger partial charge >= 0.3 is 5.97 Å². The maximum Gasteiger partial charge on any atom is 0.345 e. The molecule has 0 amide bonds. The topological polar surface area (TPSA) is 81.9 Å². The van der Waals surface area contributed by atoms with Crippen molar-refractivity contribution >= 4 is 11.7 Å². The Hall–Kier alpha value is -2.15.